The van der Waals surface area contributed by atoms with Crippen molar-refractivity contribution in [3.8, 4) is 0 Å². The van der Waals surface area contributed by atoms with Gasteiger partial charge in [0.1, 0.15) is 0 Å². The lowest BCUT2D eigenvalue weighted by Crippen LogP contribution is -2.13. The fourth-order valence-corrected chi connectivity index (χ4v) is 1.81. The molecule has 2 rings (SSSR count). The molecule has 0 amide bonds. The molecule has 0 heterocycles. The highest BCUT2D eigenvalue weighted by Gasteiger charge is 2.30. The highest BCUT2D eigenvalue weighted by Crippen LogP contribution is 2.30. The average Bonchev–Trinajstić information content (AvgIpc) is 2.45. The molecule has 0 saturated heterocycles. The van der Waals surface area contributed by atoms with E-state index < -0.39 is 17.8 Å². The summed E-state index contributed by atoms with van der Waals surface area (Å²) in [5.41, 5.74) is 0.288. The molecule has 0 aliphatic rings. The highest BCUT2D eigenvalue weighted by atomic mass is 19.4. The SMILES string of the molecule is OC(CNc1ccccc1)c1cccc(C(F)(F)F)c1. The Bertz CT molecular complexity index is 555. The molecule has 2 aromatic rings. The van der Waals surface area contributed by atoms with Gasteiger partial charge in [-0.2, -0.15) is 13.2 Å². The van der Waals surface area contributed by atoms with E-state index in [1.54, 1.807) is 0 Å². The Morgan fingerprint density at radius 2 is 1.70 bits per heavy atom. The molecule has 2 aromatic carbocycles. The van der Waals surface area contributed by atoms with E-state index in [-0.39, 0.29) is 12.1 Å². The van der Waals surface area contributed by atoms with Crippen LogP contribution in [0, 0.1) is 0 Å². The third kappa shape index (κ3) is 3.74. The van der Waals surface area contributed by atoms with Crippen molar-refractivity contribution < 1.29 is 18.3 Å². The van der Waals surface area contributed by atoms with Crippen LogP contribution < -0.4 is 5.32 Å². The zero-order valence-electron chi connectivity index (χ0n) is 10.6. The van der Waals surface area contributed by atoms with Crippen molar-refractivity contribution in [2.75, 3.05) is 11.9 Å². The van der Waals surface area contributed by atoms with Crippen molar-refractivity contribution in [1.29, 1.82) is 0 Å². The summed E-state index contributed by atoms with van der Waals surface area (Å²) in [5, 5.41) is 12.9. The Balaban J connectivity index is 2.04. The molecular weight excluding hydrogens is 267 g/mol. The fourth-order valence-electron chi connectivity index (χ4n) is 1.81. The van der Waals surface area contributed by atoms with Crippen molar-refractivity contribution >= 4 is 5.69 Å². The molecule has 0 radical (unpaired) electrons. The Labute approximate surface area is 114 Å². The van der Waals surface area contributed by atoms with Crippen LogP contribution >= 0.6 is 0 Å². The highest BCUT2D eigenvalue weighted by molar-refractivity contribution is 5.42. The predicted octanol–water partition coefficient (Wildman–Crippen LogP) is 3.85. The molecule has 5 heteroatoms. The van der Waals surface area contributed by atoms with Crippen LogP contribution in [0.5, 0.6) is 0 Å². The van der Waals surface area contributed by atoms with E-state index in [0.717, 1.165) is 17.8 Å². The van der Waals surface area contributed by atoms with Crippen LogP contribution in [0.15, 0.2) is 54.6 Å². The quantitative estimate of drug-likeness (QED) is 0.892. The molecule has 0 aromatic heterocycles. The van der Waals surface area contributed by atoms with Crippen molar-refractivity contribution in [3.63, 3.8) is 0 Å². The number of benzene rings is 2. The minimum atomic E-state index is -4.40. The van der Waals surface area contributed by atoms with Crippen LogP contribution in [0.1, 0.15) is 17.2 Å². The number of aliphatic hydroxyl groups is 1. The van der Waals surface area contributed by atoms with Gasteiger partial charge >= 0.3 is 6.18 Å². The first-order valence-electron chi connectivity index (χ1n) is 6.11. The van der Waals surface area contributed by atoms with E-state index in [0.29, 0.717) is 0 Å². The van der Waals surface area contributed by atoms with Crippen molar-refractivity contribution in [1.82, 2.24) is 0 Å². The van der Waals surface area contributed by atoms with Crippen LogP contribution in [0.3, 0.4) is 0 Å². The Kier molecular flexibility index (Phi) is 4.29. The van der Waals surface area contributed by atoms with E-state index >= 15 is 0 Å². The van der Waals surface area contributed by atoms with Crippen LogP contribution in [0.25, 0.3) is 0 Å². The number of hydrogen-bond acceptors (Lipinski definition) is 2. The summed E-state index contributed by atoms with van der Waals surface area (Å²) in [6.07, 6.45) is -5.40. The summed E-state index contributed by atoms with van der Waals surface area (Å²) in [6.45, 7) is 0.144. The topological polar surface area (TPSA) is 32.3 Å². The second-order valence-electron chi connectivity index (χ2n) is 4.39. The summed E-state index contributed by atoms with van der Waals surface area (Å²) in [4.78, 5) is 0. The molecule has 20 heavy (non-hydrogen) atoms. The normalized spacial score (nSPS) is 13.0. The first kappa shape index (κ1) is 14.4. The summed E-state index contributed by atoms with van der Waals surface area (Å²) in [6, 6.07) is 13.9. The smallest absolute Gasteiger partial charge is 0.387 e. The van der Waals surface area contributed by atoms with Crippen molar-refractivity contribution in [2.45, 2.75) is 12.3 Å². The molecule has 2 N–H and O–H groups in total. The molecule has 0 aliphatic heterocycles. The molecule has 1 unspecified atom stereocenters. The van der Waals surface area contributed by atoms with Gasteiger partial charge in [0.05, 0.1) is 11.7 Å². The van der Waals surface area contributed by atoms with Gasteiger partial charge in [0, 0.05) is 12.2 Å². The third-order valence-electron chi connectivity index (χ3n) is 2.87. The molecule has 0 aliphatic carbocycles. The van der Waals surface area contributed by atoms with Gasteiger partial charge in [-0.25, -0.2) is 0 Å². The number of alkyl halides is 3. The molecule has 0 bridgehead atoms. The Hall–Kier alpha value is -2.01. The van der Waals surface area contributed by atoms with Gasteiger partial charge in [-0.15, -0.1) is 0 Å². The average molecular weight is 281 g/mol. The second kappa shape index (κ2) is 5.96. The lowest BCUT2D eigenvalue weighted by atomic mass is 10.1. The number of rotatable bonds is 4. The Morgan fingerprint density at radius 1 is 1.00 bits per heavy atom. The van der Waals surface area contributed by atoms with Crippen LogP contribution in [-0.4, -0.2) is 11.7 Å². The number of anilines is 1. The van der Waals surface area contributed by atoms with Gasteiger partial charge < -0.3 is 10.4 Å². The van der Waals surface area contributed by atoms with Gasteiger partial charge in [-0.1, -0.05) is 30.3 Å². The van der Waals surface area contributed by atoms with E-state index in [1.807, 2.05) is 30.3 Å². The summed E-state index contributed by atoms with van der Waals surface area (Å²) in [7, 11) is 0. The molecule has 0 fully saturated rings. The minimum absolute atomic E-state index is 0.144. The van der Waals surface area contributed by atoms with E-state index in [9.17, 15) is 18.3 Å². The largest absolute Gasteiger partial charge is 0.416 e. The van der Waals surface area contributed by atoms with Gasteiger partial charge in [0.25, 0.3) is 0 Å². The first-order chi connectivity index (χ1) is 9.47. The summed E-state index contributed by atoms with van der Waals surface area (Å²) in [5.74, 6) is 0. The van der Waals surface area contributed by atoms with Crippen molar-refractivity contribution in [3.05, 3.63) is 65.7 Å². The zero-order valence-corrected chi connectivity index (χ0v) is 10.6. The van der Waals surface area contributed by atoms with Crippen molar-refractivity contribution in [2.24, 2.45) is 0 Å². The number of para-hydroxylation sites is 1. The number of hydrogen-bond donors (Lipinski definition) is 2. The lowest BCUT2D eigenvalue weighted by Gasteiger charge is -2.15. The maximum Gasteiger partial charge on any atom is 0.416 e. The van der Waals surface area contributed by atoms with Gasteiger partial charge in [0.2, 0.25) is 0 Å². The molecule has 0 saturated carbocycles. The number of nitrogens with one attached hydrogen (secondary N) is 1. The molecule has 2 nitrogen and oxygen atoms in total. The molecule has 106 valence electrons. The number of halogens is 3. The Morgan fingerprint density at radius 3 is 2.35 bits per heavy atom. The van der Waals surface area contributed by atoms with E-state index in [2.05, 4.69) is 5.32 Å². The van der Waals surface area contributed by atoms with Crippen LogP contribution in [-0.2, 0) is 6.18 Å². The zero-order chi connectivity index (χ0) is 14.6. The second-order valence-corrected chi connectivity index (χ2v) is 4.39. The maximum atomic E-state index is 12.6. The van der Waals surface area contributed by atoms with Crippen LogP contribution in [0.2, 0.25) is 0 Å². The lowest BCUT2D eigenvalue weighted by molar-refractivity contribution is -0.137. The fraction of sp³-hybridized carbons (Fsp3) is 0.200. The summed E-state index contributed by atoms with van der Waals surface area (Å²) < 4.78 is 37.8. The third-order valence-corrected chi connectivity index (χ3v) is 2.87. The van der Waals surface area contributed by atoms with Crippen LogP contribution in [0.4, 0.5) is 18.9 Å². The molecule has 0 spiro atoms. The predicted molar refractivity (Wildman–Crippen MR) is 71.3 cm³/mol. The van der Waals surface area contributed by atoms with Gasteiger partial charge in [-0.05, 0) is 29.8 Å². The monoisotopic (exact) mass is 281 g/mol. The van der Waals surface area contributed by atoms with Gasteiger partial charge in [-0.3, -0.25) is 0 Å². The van der Waals surface area contributed by atoms with E-state index in [4.69, 9.17) is 0 Å². The molecule has 1 atom stereocenters. The molecular formula is C15H14F3NO. The standard InChI is InChI=1S/C15H14F3NO/c16-15(17,18)12-6-4-5-11(9-12)14(20)10-19-13-7-2-1-3-8-13/h1-9,14,19-20H,10H2. The minimum Gasteiger partial charge on any atom is -0.387 e. The summed E-state index contributed by atoms with van der Waals surface area (Å²) >= 11 is 0. The first-order valence-corrected chi connectivity index (χ1v) is 6.11. The van der Waals surface area contributed by atoms with Gasteiger partial charge in [0.15, 0.2) is 0 Å². The maximum absolute atomic E-state index is 12.6. The van der Waals surface area contributed by atoms with E-state index in [1.165, 1.54) is 12.1 Å². The number of aliphatic hydroxyl groups excluding tert-OH is 1.